The molecule has 0 saturated carbocycles. The lowest BCUT2D eigenvalue weighted by molar-refractivity contribution is 0.105. The first-order valence-corrected chi connectivity index (χ1v) is 6.38. The summed E-state index contributed by atoms with van der Waals surface area (Å²) in [6, 6.07) is 3.72. The smallest absolute Gasteiger partial charge is 0.226 e. The molecule has 2 unspecified atom stereocenters. The SMILES string of the molecule is CC(N)C[N+]1(CO)N=Cc2ccc3c(c21)OCCO3. The number of aliphatic hydroxyl groups excluding tert-OH is 1. The highest BCUT2D eigenvalue weighted by molar-refractivity contribution is 5.94. The minimum Gasteiger partial charge on any atom is -0.486 e. The second-order valence-electron chi connectivity index (χ2n) is 5.00. The van der Waals surface area contributed by atoms with Gasteiger partial charge in [-0.05, 0) is 19.1 Å². The van der Waals surface area contributed by atoms with Gasteiger partial charge in [-0.25, -0.2) is 0 Å². The fourth-order valence-electron chi connectivity index (χ4n) is 2.66. The second kappa shape index (κ2) is 4.48. The third-order valence-electron chi connectivity index (χ3n) is 3.37. The largest absolute Gasteiger partial charge is 0.486 e. The third-order valence-corrected chi connectivity index (χ3v) is 3.37. The molecule has 0 fully saturated rings. The summed E-state index contributed by atoms with van der Waals surface area (Å²) in [5, 5.41) is 14.3. The number of aliphatic hydroxyl groups is 1. The van der Waals surface area contributed by atoms with Crippen LogP contribution in [0.2, 0.25) is 0 Å². The summed E-state index contributed by atoms with van der Waals surface area (Å²) in [4.78, 5) is 0. The van der Waals surface area contributed by atoms with E-state index in [9.17, 15) is 5.11 Å². The van der Waals surface area contributed by atoms with Gasteiger partial charge < -0.3 is 20.3 Å². The van der Waals surface area contributed by atoms with Crippen molar-refractivity contribution < 1.29 is 14.6 Å². The summed E-state index contributed by atoms with van der Waals surface area (Å²) in [7, 11) is 0. The van der Waals surface area contributed by atoms with Gasteiger partial charge in [0.1, 0.15) is 19.8 Å². The highest BCUT2D eigenvalue weighted by Crippen LogP contribution is 2.47. The zero-order valence-corrected chi connectivity index (χ0v) is 10.9. The van der Waals surface area contributed by atoms with E-state index in [0.29, 0.717) is 31.3 Å². The summed E-state index contributed by atoms with van der Waals surface area (Å²) < 4.78 is 11.4. The van der Waals surface area contributed by atoms with Crippen LogP contribution in [0, 0.1) is 0 Å². The number of rotatable bonds is 3. The molecule has 0 saturated heterocycles. The van der Waals surface area contributed by atoms with E-state index >= 15 is 0 Å². The van der Waals surface area contributed by atoms with E-state index in [1.54, 1.807) is 6.21 Å². The molecule has 2 atom stereocenters. The van der Waals surface area contributed by atoms with Gasteiger partial charge in [0.05, 0.1) is 17.8 Å². The average molecular weight is 264 g/mol. The van der Waals surface area contributed by atoms with E-state index in [4.69, 9.17) is 15.2 Å². The Labute approximate surface area is 111 Å². The quantitative estimate of drug-likeness (QED) is 0.775. The molecule has 3 rings (SSSR count). The van der Waals surface area contributed by atoms with Gasteiger partial charge in [0.25, 0.3) is 0 Å². The molecular formula is C13H18N3O3+. The Morgan fingerprint density at radius 1 is 1.42 bits per heavy atom. The van der Waals surface area contributed by atoms with E-state index in [1.807, 2.05) is 19.1 Å². The zero-order chi connectivity index (χ0) is 13.5. The molecule has 1 aromatic carbocycles. The Balaban J connectivity index is 2.13. The predicted octanol–water partition coefficient (Wildman–Crippen LogP) is 0.410. The van der Waals surface area contributed by atoms with Crippen LogP contribution in [0.5, 0.6) is 11.5 Å². The Bertz CT molecular complexity index is 530. The van der Waals surface area contributed by atoms with Crippen molar-refractivity contribution in [2.24, 2.45) is 10.8 Å². The zero-order valence-electron chi connectivity index (χ0n) is 10.9. The van der Waals surface area contributed by atoms with Crippen LogP contribution in [0.4, 0.5) is 5.69 Å². The molecule has 19 heavy (non-hydrogen) atoms. The molecular weight excluding hydrogens is 246 g/mol. The van der Waals surface area contributed by atoms with E-state index in [0.717, 1.165) is 11.3 Å². The number of benzene rings is 1. The fourth-order valence-corrected chi connectivity index (χ4v) is 2.66. The number of nitrogens with zero attached hydrogens (tertiary/aromatic N) is 2. The molecule has 0 radical (unpaired) electrons. The van der Waals surface area contributed by atoms with E-state index in [-0.39, 0.29) is 17.4 Å². The van der Waals surface area contributed by atoms with Crippen molar-refractivity contribution in [2.45, 2.75) is 13.0 Å². The first-order chi connectivity index (χ1) is 9.16. The Morgan fingerprint density at radius 3 is 2.95 bits per heavy atom. The van der Waals surface area contributed by atoms with Crippen molar-refractivity contribution in [1.82, 2.24) is 4.59 Å². The Morgan fingerprint density at radius 2 is 2.21 bits per heavy atom. The van der Waals surface area contributed by atoms with Crippen LogP contribution in [0.25, 0.3) is 0 Å². The summed E-state index contributed by atoms with van der Waals surface area (Å²) in [6.07, 6.45) is 1.76. The van der Waals surface area contributed by atoms with E-state index in [1.165, 1.54) is 0 Å². The lowest BCUT2D eigenvalue weighted by Crippen LogP contribution is -2.50. The van der Waals surface area contributed by atoms with Gasteiger partial charge in [0.2, 0.25) is 18.2 Å². The van der Waals surface area contributed by atoms with Crippen molar-refractivity contribution in [2.75, 3.05) is 26.5 Å². The molecule has 3 N–H and O–H groups in total. The topological polar surface area (TPSA) is 77.1 Å². The van der Waals surface area contributed by atoms with Gasteiger partial charge in [-0.15, -0.1) is 4.59 Å². The maximum absolute atomic E-state index is 9.82. The molecule has 6 heteroatoms. The number of nitrogens with two attached hydrogens (primary N) is 1. The lowest BCUT2D eigenvalue weighted by Gasteiger charge is -2.31. The van der Waals surface area contributed by atoms with E-state index in [2.05, 4.69) is 5.10 Å². The molecule has 1 aromatic rings. The Kier molecular flexibility index (Phi) is 2.93. The van der Waals surface area contributed by atoms with Gasteiger partial charge in [-0.1, -0.05) is 5.10 Å². The second-order valence-corrected chi connectivity index (χ2v) is 5.00. The normalized spacial score (nSPS) is 25.2. The number of hydrogen-bond acceptors (Lipinski definition) is 5. The Hall–Kier alpha value is -1.63. The molecule has 6 nitrogen and oxygen atoms in total. The molecule has 0 aromatic heterocycles. The standard InChI is InChI=1S/C13H18N3O3/c1-9(14)7-16(8-17)12-10(6-15-16)2-3-11-13(12)19-5-4-18-11/h2-3,6,9,17H,4-5,7-8,14H2,1H3/q+1. The molecule has 102 valence electrons. The summed E-state index contributed by atoms with van der Waals surface area (Å²) in [5.41, 5.74) is 7.68. The van der Waals surface area contributed by atoms with Crippen LogP contribution in [-0.2, 0) is 0 Å². The van der Waals surface area contributed by atoms with Crippen LogP contribution in [0.15, 0.2) is 17.2 Å². The molecule has 0 bridgehead atoms. The molecule has 0 amide bonds. The molecule has 2 aliphatic heterocycles. The fraction of sp³-hybridized carbons (Fsp3) is 0.462. The monoisotopic (exact) mass is 264 g/mol. The van der Waals surface area contributed by atoms with Gasteiger partial charge in [0.15, 0.2) is 5.75 Å². The van der Waals surface area contributed by atoms with Crippen molar-refractivity contribution in [3.63, 3.8) is 0 Å². The molecule has 2 heterocycles. The summed E-state index contributed by atoms with van der Waals surface area (Å²) in [5.74, 6) is 1.38. The van der Waals surface area contributed by atoms with Crippen LogP contribution in [0.1, 0.15) is 12.5 Å². The van der Waals surface area contributed by atoms with Crippen LogP contribution >= 0.6 is 0 Å². The van der Waals surface area contributed by atoms with Gasteiger partial charge in [-0.3, -0.25) is 0 Å². The van der Waals surface area contributed by atoms with Gasteiger partial charge >= 0.3 is 0 Å². The number of fused-ring (bicyclic) bond motifs is 3. The van der Waals surface area contributed by atoms with Crippen LogP contribution in [0.3, 0.4) is 0 Å². The van der Waals surface area contributed by atoms with Crippen molar-refractivity contribution in [1.29, 1.82) is 0 Å². The van der Waals surface area contributed by atoms with Crippen molar-refractivity contribution in [3.05, 3.63) is 17.7 Å². The summed E-state index contributed by atoms with van der Waals surface area (Å²) in [6.45, 7) is 3.31. The number of quaternary nitrogens is 1. The maximum Gasteiger partial charge on any atom is 0.226 e. The van der Waals surface area contributed by atoms with Gasteiger partial charge in [-0.2, -0.15) is 0 Å². The van der Waals surface area contributed by atoms with Gasteiger partial charge in [0, 0.05) is 0 Å². The minimum absolute atomic E-state index is 0.0551. The minimum atomic E-state index is -0.148. The molecule has 0 spiro atoms. The number of ether oxygens (including phenoxy) is 2. The number of hydrogen-bond donors (Lipinski definition) is 2. The first-order valence-electron chi connectivity index (χ1n) is 6.38. The summed E-state index contributed by atoms with van der Waals surface area (Å²) >= 11 is 0. The molecule has 0 aliphatic carbocycles. The maximum atomic E-state index is 9.82. The lowest BCUT2D eigenvalue weighted by atomic mass is 10.1. The van der Waals surface area contributed by atoms with E-state index < -0.39 is 0 Å². The van der Waals surface area contributed by atoms with Crippen molar-refractivity contribution in [3.8, 4) is 11.5 Å². The highest BCUT2D eigenvalue weighted by atomic mass is 16.6. The van der Waals surface area contributed by atoms with Crippen LogP contribution < -0.4 is 19.8 Å². The molecule has 2 aliphatic rings. The van der Waals surface area contributed by atoms with Crippen LogP contribution in [-0.4, -0.2) is 43.9 Å². The first kappa shape index (κ1) is 12.4. The highest BCUT2D eigenvalue weighted by Gasteiger charge is 2.42. The predicted molar refractivity (Wildman–Crippen MR) is 72.4 cm³/mol. The average Bonchev–Trinajstić information content (AvgIpc) is 2.78. The van der Waals surface area contributed by atoms with Crippen molar-refractivity contribution >= 4 is 11.9 Å². The third kappa shape index (κ3) is 1.88.